The van der Waals surface area contributed by atoms with Crippen molar-refractivity contribution in [2.45, 2.75) is 46.2 Å². The Labute approximate surface area is 141 Å². The van der Waals surface area contributed by atoms with Crippen LogP contribution in [0.4, 0.5) is 4.39 Å². The maximum atomic E-state index is 13.5. The highest BCUT2D eigenvalue weighted by molar-refractivity contribution is 5.95. The molecule has 0 aliphatic heterocycles. The molecular formula is C18H24FN3O2. The van der Waals surface area contributed by atoms with Gasteiger partial charge in [0.15, 0.2) is 11.6 Å². The molecule has 2 aromatic rings. The Morgan fingerprint density at radius 1 is 1.33 bits per heavy atom. The van der Waals surface area contributed by atoms with Gasteiger partial charge in [-0.05, 0) is 31.9 Å². The van der Waals surface area contributed by atoms with E-state index < -0.39 is 5.82 Å². The summed E-state index contributed by atoms with van der Waals surface area (Å²) in [5.41, 5.74) is 1.35. The fourth-order valence-corrected chi connectivity index (χ4v) is 2.32. The van der Waals surface area contributed by atoms with Crippen LogP contribution in [0.5, 0.6) is 5.75 Å². The van der Waals surface area contributed by atoms with E-state index in [1.165, 1.54) is 6.07 Å². The molecular weight excluding hydrogens is 309 g/mol. The molecule has 130 valence electrons. The van der Waals surface area contributed by atoms with Crippen LogP contribution in [0, 0.1) is 5.82 Å². The van der Waals surface area contributed by atoms with Gasteiger partial charge in [-0.1, -0.05) is 26.0 Å². The van der Waals surface area contributed by atoms with E-state index in [1.54, 1.807) is 29.1 Å². The van der Waals surface area contributed by atoms with E-state index in [-0.39, 0.29) is 30.2 Å². The molecule has 0 saturated heterocycles. The first-order valence-electron chi connectivity index (χ1n) is 8.17. The Morgan fingerprint density at radius 2 is 2.04 bits per heavy atom. The number of carbonyl (C=O) groups is 1. The van der Waals surface area contributed by atoms with Gasteiger partial charge < -0.3 is 10.1 Å². The molecule has 0 saturated carbocycles. The summed E-state index contributed by atoms with van der Waals surface area (Å²) in [6.07, 6.45) is 1.76. The van der Waals surface area contributed by atoms with Crippen LogP contribution in [0.2, 0.25) is 0 Å². The fourth-order valence-electron chi connectivity index (χ4n) is 2.32. The Bertz CT molecular complexity index is 697. The predicted octanol–water partition coefficient (Wildman–Crippen LogP) is 3.36. The molecule has 24 heavy (non-hydrogen) atoms. The largest absolute Gasteiger partial charge is 0.488 e. The number of hydrogen-bond donors (Lipinski definition) is 1. The molecule has 1 heterocycles. The highest BCUT2D eigenvalue weighted by Crippen LogP contribution is 2.18. The molecule has 0 spiro atoms. The van der Waals surface area contributed by atoms with E-state index in [4.69, 9.17) is 4.74 Å². The lowest BCUT2D eigenvalue weighted by Crippen LogP contribution is -2.37. The van der Waals surface area contributed by atoms with Crippen molar-refractivity contribution in [3.8, 4) is 5.75 Å². The second-order valence-electron chi connectivity index (χ2n) is 6.05. The van der Waals surface area contributed by atoms with Crippen molar-refractivity contribution in [1.82, 2.24) is 15.1 Å². The molecule has 1 aromatic heterocycles. The van der Waals surface area contributed by atoms with Crippen molar-refractivity contribution < 1.29 is 13.9 Å². The van der Waals surface area contributed by atoms with Gasteiger partial charge in [0.25, 0.3) is 5.91 Å². The summed E-state index contributed by atoms with van der Waals surface area (Å²) < 4.78 is 20.7. The van der Waals surface area contributed by atoms with Gasteiger partial charge in [-0.3, -0.25) is 9.48 Å². The third-order valence-electron chi connectivity index (χ3n) is 3.61. The number of aromatic nitrogens is 2. The third kappa shape index (κ3) is 4.34. The summed E-state index contributed by atoms with van der Waals surface area (Å²) in [7, 11) is 0. The van der Waals surface area contributed by atoms with Gasteiger partial charge in [-0.2, -0.15) is 5.10 Å². The maximum Gasteiger partial charge on any atom is 0.255 e. The topological polar surface area (TPSA) is 56.2 Å². The minimum absolute atomic E-state index is 0.156. The summed E-state index contributed by atoms with van der Waals surface area (Å²) in [6, 6.07) is 5.95. The highest BCUT2D eigenvalue weighted by atomic mass is 19.1. The average molecular weight is 333 g/mol. The Kier molecular flexibility index (Phi) is 5.95. The van der Waals surface area contributed by atoms with Crippen molar-refractivity contribution in [3.05, 3.63) is 47.5 Å². The van der Waals surface area contributed by atoms with Crippen LogP contribution in [-0.2, 0) is 6.54 Å². The fraction of sp³-hybridized carbons (Fsp3) is 0.444. The molecule has 2 rings (SSSR count). The summed E-state index contributed by atoms with van der Waals surface area (Å²) in [4.78, 5) is 12.5. The van der Waals surface area contributed by atoms with E-state index in [9.17, 15) is 9.18 Å². The summed E-state index contributed by atoms with van der Waals surface area (Å²) >= 11 is 0. The number of aryl methyl sites for hydroxylation is 1. The number of carbonyl (C=O) groups excluding carboxylic acids is 1. The lowest BCUT2D eigenvalue weighted by molar-refractivity contribution is 0.0924. The second kappa shape index (κ2) is 7.95. The lowest BCUT2D eigenvalue weighted by Gasteiger charge is -2.15. The van der Waals surface area contributed by atoms with E-state index in [0.29, 0.717) is 12.1 Å². The lowest BCUT2D eigenvalue weighted by atomic mass is 10.1. The molecule has 0 radical (unpaired) electrons. The van der Waals surface area contributed by atoms with E-state index >= 15 is 0 Å². The van der Waals surface area contributed by atoms with Gasteiger partial charge >= 0.3 is 0 Å². The molecule has 0 aliphatic carbocycles. The smallest absolute Gasteiger partial charge is 0.255 e. The molecule has 0 fully saturated rings. The first-order chi connectivity index (χ1) is 11.4. The quantitative estimate of drug-likeness (QED) is 0.845. The highest BCUT2D eigenvalue weighted by Gasteiger charge is 2.20. The molecule has 0 aliphatic rings. The number of halogens is 1. The van der Waals surface area contributed by atoms with Crippen molar-refractivity contribution in [2.24, 2.45) is 0 Å². The second-order valence-corrected chi connectivity index (χ2v) is 6.05. The molecule has 1 amide bonds. The van der Waals surface area contributed by atoms with E-state index in [2.05, 4.69) is 10.4 Å². The molecule has 0 bridgehead atoms. The minimum atomic E-state index is -0.414. The van der Waals surface area contributed by atoms with E-state index in [0.717, 1.165) is 5.69 Å². The number of para-hydroxylation sites is 1. The van der Waals surface area contributed by atoms with Gasteiger partial charge in [0, 0.05) is 12.7 Å². The van der Waals surface area contributed by atoms with Crippen molar-refractivity contribution in [1.29, 1.82) is 0 Å². The Hall–Kier alpha value is -2.37. The average Bonchev–Trinajstić information content (AvgIpc) is 2.99. The molecule has 5 nitrogen and oxygen atoms in total. The van der Waals surface area contributed by atoms with Crippen LogP contribution < -0.4 is 10.1 Å². The van der Waals surface area contributed by atoms with Gasteiger partial charge in [0.1, 0.15) is 6.61 Å². The number of hydrogen-bond acceptors (Lipinski definition) is 3. The first kappa shape index (κ1) is 18.0. The third-order valence-corrected chi connectivity index (χ3v) is 3.61. The molecule has 1 atom stereocenters. The maximum absolute atomic E-state index is 13.5. The summed E-state index contributed by atoms with van der Waals surface area (Å²) in [5, 5.41) is 7.32. The number of nitrogens with one attached hydrogen (secondary N) is 1. The zero-order chi connectivity index (χ0) is 17.7. The van der Waals surface area contributed by atoms with Gasteiger partial charge in [0.05, 0.1) is 17.3 Å². The van der Waals surface area contributed by atoms with Gasteiger partial charge in [-0.25, -0.2) is 4.39 Å². The van der Waals surface area contributed by atoms with Crippen LogP contribution in [0.25, 0.3) is 0 Å². The van der Waals surface area contributed by atoms with E-state index in [1.807, 2.05) is 27.7 Å². The van der Waals surface area contributed by atoms with Crippen molar-refractivity contribution in [3.63, 3.8) is 0 Å². The Balaban J connectivity index is 1.99. The number of amides is 1. The number of benzene rings is 1. The van der Waals surface area contributed by atoms with Crippen LogP contribution >= 0.6 is 0 Å². The predicted molar refractivity (Wildman–Crippen MR) is 90.8 cm³/mol. The van der Waals surface area contributed by atoms with Crippen LogP contribution in [0.15, 0.2) is 30.5 Å². The number of ether oxygens (including phenoxy) is 1. The first-order valence-corrected chi connectivity index (χ1v) is 8.17. The monoisotopic (exact) mass is 333 g/mol. The molecule has 1 N–H and O–H groups in total. The van der Waals surface area contributed by atoms with Crippen LogP contribution in [0.1, 0.15) is 49.7 Å². The Morgan fingerprint density at radius 3 is 2.67 bits per heavy atom. The van der Waals surface area contributed by atoms with Crippen molar-refractivity contribution in [2.75, 3.05) is 6.61 Å². The minimum Gasteiger partial charge on any atom is -0.488 e. The van der Waals surface area contributed by atoms with Gasteiger partial charge in [-0.15, -0.1) is 0 Å². The number of nitrogens with zero attached hydrogens (tertiary/aromatic N) is 2. The van der Waals surface area contributed by atoms with Crippen molar-refractivity contribution >= 4 is 5.91 Å². The van der Waals surface area contributed by atoms with Gasteiger partial charge in [0.2, 0.25) is 0 Å². The summed E-state index contributed by atoms with van der Waals surface area (Å²) in [6.45, 7) is 8.69. The molecule has 1 aromatic carbocycles. The van der Waals surface area contributed by atoms with Crippen LogP contribution in [0.3, 0.4) is 0 Å². The SMILES string of the molecule is CCn1cc(C(=O)NC(C)COc2ccccc2F)c(C(C)C)n1. The summed E-state index contributed by atoms with van der Waals surface area (Å²) in [5.74, 6) is -0.269. The zero-order valence-electron chi connectivity index (χ0n) is 14.5. The van der Waals surface area contributed by atoms with Crippen LogP contribution in [-0.4, -0.2) is 28.3 Å². The zero-order valence-corrected chi connectivity index (χ0v) is 14.5. The molecule has 6 heteroatoms. The normalized spacial score (nSPS) is 12.2. The number of rotatable bonds is 7. The standard InChI is InChI=1S/C18H24FN3O2/c1-5-22-10-14(17(21-22)12(2)3)18(23)20-13(4)11-24-16-9-7-6-8-15(16)19/h6-10,12-13H,5,11H2,1-4H3,(H,20,23). The molecule has 1 unspecified atom stereocenters.